The standard InChI is InChI=1S/C13H20O5S/c1-3-8-19(15,16)9-7-18-13-11(10-14)5-4-6-12(13)17-2/h4-6,14H,3,7-10H2,1-2H3. The SMILES string of the molecule is CCCS(=O)(=O)CCOc1c(CO)cccc1OC. The Morgan fingerprint density at radius 1 is 1.26 bits per heavy atom. The summed E-state index contributed by atoms with van der Waals surface area (Å²) in [5.41, 5.74) is 0.576. The fourth-order valence-corrected chi connectivity index (χ4v) is 2.86. The highest BCUT2D eigenvalue weighted by atomic mass is 32.2. The molecule has 108 valence electrons. The van der Waals surface area contributed by atoms with Crippen LogP contribution in [0.1, 0.15) is 18.9 Å². The lowest BCUT2D eigenvalue weighted by atomic mass is 10.2. The zero-order valence-corrected chi connectivity index (χ0v) is 12.1. The van der Waals surface area contributed by atoms with Crippen LogP contribution >= 0.6 is 0 Å². The number of sulfone groups is 1. The normalized spacial score (nSPS) is 11.3. The highest BCUT2D eigenvalue weighted by Gasteiger charge is 2.13. The Bertz CT molecular complexity index is 474. The summed E-state index contributed by atoms with van der Waals surface area (Å²) in [7, 11) is -1.57. The Morgan fingerprint density at radius 2 is 2.00 bits per heavy atom. The molecule has 1 aromatic rings. The second-order valence-electron chi connectivity index (χ2n) is 4.11. The third-order valence-electron chi connectivity index (χ3n) is 2.61. The van der Waals surface area contributed by atoms with Crippen LogP contribution in [0.2, 0.25) is 0 Å². The highest BCUT2D eigenvalue weighted by Crippen LogP contribution is 2.31. The first kappa shape index (κ1) is 15.8. The van der Waals surface area contributed by atoms with Crippen molar-refractivity contribution in [3.63, 3.8) is 0 Å². The molecule has 0 aliphatic carbocycles. The minimum absolute atomic E-state index is 0.0379. The van der Waals surface area contributed by atoms with Crippen molar-refractivity contribution >= 4 is 9.84 Å². The van der Waals surface area contributed by atoms with Crippen molar-refractivity contribution in [1.29, 1.82) is 0 Å². The molecule has 0 aliphatic heterocycles. The van der Waals surface area contributed by atoms with E-state index in [0.717, 1.165) is 0 Å². The lowest BCUT2D eigenvalue weighted by Crippen LogP contribution is -2.17. The molecule has 0 aliphatic rings. The van der Waals surface area contributed by atoms with E-state index in [4.69, 9.17) is 9.47 Å². The van der Waals surface area contributed by atoms with Crippen molar-refractivity contribution < 1.29 is 23.0 Å². The molecule has 0 amide bonds. The maximum Gasteiger partial charge on any atom is 0.166 e. The van der Waals surface area contributed by atoms with Gasteiger partial charge in [0.1, 0.15) is 6.61 Å². The quantitative estimate of drug-likeness (QED) is 0.782. The molecule has 5 nitrogen and oxygen atoms in total. The summed E-state index contributed by atoms with van der Waals surface area (Å²) in [5, 5.41) is 9.23. The van der Waals surface area contributed by atoms with E-state index in [2.05, 4.69) is 0 Å². The van der Waals surface area contributed by atoms with Crippen LogP contribution in [0.25, 0.3) is 0 Å². The molecule has 0 unspecified atom stereocenters. The van der Waals surface area contributed by atoms with Crippen molar-refractivity contribution in [3.05, 3.63) is 23.8 Å². The van der Waals surface area contributed by atoms with E-state index in [1.807, 2.05) is 6.92 Å². The van der Waals surface area contributed by atoms with Crippen molar-refractivity contribution in [2.24, 2.45) is 0 Å². The van der Waals surface area contributed by atoms with Crippen LogP contribution in [-0.4, -0.2) is 38.7 Å². The van der Waals surface area contributed by atoms with E-state index in [1.54, 1.807) is 18.2 Å². The minimum Gasteiger partial charge on any atom is -0.493 e. The smallest absolute Gasteiger partial charge is 0.166 e. The van der Waals surface area contributed by atoms with Crippen LogP contribution in [-0.2, 0) is 16.4 Å². The lowest BCUT2D eigenvalue weighted by molar-refractivity contribution is 0.260. The summed E-state index contributed by atoms with van der Waals surface area (Å²) in [4.78, 5) is 0. The van der Waals surface area contributed by atoms with E-state index >= 15 is 0 Å². The topological polar surface area (TPSA) is 72.8 Å². The predicted octanol–water partition coefficient (Wildman–Crippen LogP) is 1.39. The van der Waals surface area contributed by atoms with Gasteiger partial charge in [-0.2, -0.15) is 0 Å². The molecule has 1 rings (SSSR count). The third kappa shape index (κ3) is 4.72. The molecule has 0 spiro atoms. The summed E-state index contributed by atoms with van der Waals surface area (Å²) in [6, 6.07) is 5.15. The fraction of sp³-hybridized carbons (Fsp3) is 0.538. The molecule has 19 heavy (non-hydrogen) atoms. The van der Waals surface area contributed by atoms with Crippen molar-refractivity contribution in [3.8, 4) is 11.5 Å². The van der Waals surface area contributed by atoms with Crippen molar-refractivity contribution in [2.75, 3.05) is 25.2 Å². The Kier molecular flexibility index (Phi) is 6.11. The molecule has 0 bridgehead atoms. The molecular formula is C13H20O5S. The Balaban J connectivity index is 2.72. The molecular weight excluding hydrogens is 268 g/mol. The number of aliphatic hydroxyl groups excluding tert-OH is 1. The van der Waals surface area contributed by atoms with Crippen LogP contribution in [0.4, 0.5) is 0 Å². The van der Waals surface area contributed by atoms with Gasteiger partial charge >= 0.3 is 0 Å². The van der Waals surface area contributed by atoms with E-state index < -0.39 is 9.84 Å². The lowest BCUT2D eigenvalue weighted by Gasteiger charge is -2.13. The van der Waals surface area contributed by atoms with E-state index in [0.29, 0.717) is 23.5 Å². The number of para-hydroxylation sites is 1. The summed E-state index contributed by atoms with van der Waals surface area (Å²) < 4.78 is 33.7. The van der Waals surface area contributed by atoms with E-state index in [1.165, 1.54) is 7.11 Å². The highest BCUT2D eigenvalue weighted by molar-refractivity contribution is 7.91. The molecule has 0 saturated carbocycles. The van der Waals surface area contributed by atoms with Crippen molar-refractivity contribution in [2.45, 2.75) is 20.0 Å². The zero-order chi connectivity index (χ0) is 14.3. The summed E-state index contributed by atoms with van der Waals surface area (Å²) in [6.45, 7) is 1.69. The number of hydrogen-bond donors (Lipinski definition) is 1. The average molecular weight is 288 g/mol. The maximum atomic E-state index is 11.6. The van der Waals surface area contributed by atoms with Gasteiger partial charge in [0.05, 0.1) is 25.2 Å². The van der Waals surface area contributed by atoms with Crippen LogP contribution < -0.4 is 9.47 Å². The monoisotopic (exact) mass is 288 g/mol. The predicted molar refractivity (Wildman–Crippen MR) is 73.4 cm³/mol. The number of rotatable bonds is 8. The van der Waals surface area contributed by atoms with Gasteiger partial charge < -0.3 is 14.6 Å². The molecule has 6 heteroatoms. The van der Waals surface area contributed by atoms with Gasteiger partial charge in [0.2, 0.25) is 0 Å². The van der Waals surface area contributed by atoms with Gasteiger partial charge in [-0.05, 0) is 12.5 Å². The van der Waals surface area contributed by atoms with Gasteiger partial charge in [0, 0.05) is 5.56 Å². The van der Waals surface area contributed by atoms with Crippen LogP contribution in [0.15, 0.2) is 18.2 Å². The molecule has 0 atom stereocenters. The van der Waals surface area contributed by atoms with Gasteiger partial charge in [-0.1, -0.05) is 19.1 Å². The molecule has 0 fully saturated rings. The first-order chi connectivity index (χ1) is 9.04. The van der Waals surface area contributed by atoms with Gasteiger partial charge in [-0.3, -0.25) is 0 Å². The molecule has 0 radical (unpaired) electrons. The van der Waals surface area contributed by atoms with Gasteiger partial charge in [-0.15, -0.1) is 0 Å². The molecule has 0 saturated heterocycles. The Labute approximate surface area is 114 Å². The first-order valence-corrected chi connectivity index (χ1v) is 7.96. The van der Waals surface area contributed by atoms with Crippen LogP contribution in [0.3, 0.4) is 0 Å². The van der Waals surface area contributed by atoms with Crippen LogP contribution in [0.5, 0.6) is 11.5 Å². The number of methoxy groups -OCH3 is 1. The number of benzene rings is 1. The Hall–Kier alpha value is -1.27. The maximum absolute atomic E-state index is 11.6. The second-order valence-corrected chi connectivity index (χ2v) is 6.41. The van der Waals surface area contributed by atoms with Gasteiger partial charge in [0.25, 0.3) is 0 Å². The number of aliphatic hydroxyl groups is 1. The fourth-order valence-electron chi connectivity index (χ4n) is 1.69. The van der Waals surface area contributed by atoms with E-state index in [-0.39, 0.29) is 24.7 Å². The largest absolute Gasteiger partial charge is 0.493 e. The minimum atomic E-state index is -3.07. The molecule has 0 aromatic heterocycles. The zero-order valence-electron chi connectivity index (χ0n) is 11.3. The Morgan fingerprint density at radius 3 is 2.58 bits per heavy atom. The summed E-state index contributed by atoms with van der Waals surface area (Å²) >= 11 is 0. The average Bonchev–Trinajstić information content (AvgIpc) is 2.38. The number of hydrogen-bond acceptors (Lipinski definition) is 5. The third-order valence-corrected chi connectivity index (χ3v) is 4.43. The molecule has 0 heterocycles. The summed E-state index contributed by atoms with van der Waals surface area (Å²) in [6.07, 6.45) is 0.596. The molecule has 1 N–H and O–H groups in total. The first-order valence-electron chi connectivity index (χ1n) is 6.14. The van der Waals surface area contributed by atoms with Crippen LogP contribution in [0, 0.1) is 0 Å². The molecule has 1 aromatic carbocycles. The van der Waals surface area contributed by atoms with E-state index in [9.17, 15) is 13.5 Å². The van der Waals surface area contributed by atoms with Crippen molar-refractivity contribution in [1.82, 2.24) is 0 Å². The van der Waals surface area contributed by atoms with Gasteiger partial charge in [-0.25, -0.2) is 8.42 Å². The second kappa shape index (κ2) is 7.35. The van der Waals surface area contributed by atoms with Gasteiger partial charge in [0.15, 0.2) is 21.3 Å². The number of ether oxygens (including phenoxy) is 2. The summed E-state index contributed by atoms with van der Waals surface area (Å²) in [5.74, 6) is 1.01.